The predicted octanol–water partition coefficient (Wildman–Crippen LogP) is 3.70. The second kappa shape index (κ2) is 6.83. The van der Waals surface area contributed by atoms with Crippen LogP contribution in [-0.4, -0.2) is 10.9 Å². The van der Waals surface area contributed by atoms with E-state index in [-0.39, 0.29) is 0 Å². The fourth-order valence-electron chi connectivity index (χ4n) is 2.30. The Kier molecular flexibility index (Phi) is 4.43. The van der Waals surface area contributed by atoms with Crippen LogP contribution in [0, 0.1) is 6.92 Å². The number of rotatable bonds is 3. The van der Waals surface area contributed by atoms with Gasteiger partial charge in [-0.3, -0.25) is 0 Å². The zero-order chi connectivity index (χ0) is 16.9. The normalized spacial score (nSPS) is 11.3. The molecular weight excluding hydrogens is 298 g/mol. The van der Waals surface area contributed by atoms with Crippen molar-refractivity contribution in [3.63, 3.8) is 0 Å². The highest BCUT2D eigenvalue weighted by Crippen LogP contribution is 2.21. The first-order valence-corrected chi connectivity index (χ1v) is 7.60. The molecule has 0 radical (unpaired) electrons. The summed E-state index contributed by atoms with van der Waals surface area (Å²) in [5, 5.41) is 3.09. The van der Waals surface area contributed by atoms with Gasteiger partial charge in [-0.25, -0.2) is 4.98 Å². The van der Waals surface area contributed by atoms with E-state index in [0.29, 0.717) is 11.8 Å². The molecular formula is C19H19N5. The standard InChI is InChI=1S/C19H19N5/c1-13-4-2-3-5-17(13)23-19(21)24-18-11-8-15(12-22-18)14-6-9-16(20)10-7-14/h2-12H,20H2,1H3,(H3,21,22,23,24). The summed E-state index contributed by atoms with van der Waals surface area (Å²) in [6.45, 7) is 2.01. The minimum absolute atomic E-state index is 0.303. The summed E-state index contributed by atoms with van der Waals surface area (Å²) < 4.78 is 0. The molecule has 5 heteroatoms. The summed E-state index contributed by atoms with van der Waals surface area (Å²) in [6.07, 6.45) is 1.77. The van der Waals surface area contributed by atoms with E-state index in [0.717, 1.165) is 28.1 Å². The predicted molar refractivity (Wildman–Crippen MR) is 100 cm³/mol. The highest BCUT2D eigenvalue weighted by Gasteiger charge is 2.01. The van der Waals surface area contributed by atoms with E-state index in [4.69, 9.17) is 11.5 Å². The molecule has 5 N–H and O–H groups in total. The molecule has 0 aliphatic rings. The first kappa shape index (κ1) is 15.6. The number of nitrogens with two attached hydrogens (primary N) is 2. The number of para-hydroxylation sites is 1. The molecule has 24 heavy (non-hydrogen) atoms. The molecule has 0 aliphatic carbocycles. The van der Waals surface area contributed by atoms with E-state index in [1.807, 2.05) is 67.6 Å². The first-order valence-electron chi connectivity index (χ1n) is 7.60. The average molecular weight is 317 g/mol. The molecule has 2 aromatic carbocycles. The fraction of sp³-hybridized carbons (Fsp3) is 0.0526. The van der Waals surface area contributed by atoms with Crippen LogP contribution in [0.5, 0.6) is 0 Å². The fourth-order valence-corrected chi connectivity index (χ4v) is 2.30. The molecule has 3 aromatic rings. The molecule has 0 spiro atoms. The lowest BCUT2D eigenvalue weighted by Gasteiger charge is -2.08. The number of nitrogens with zero attached hydrogens (tertiary/aromatic N) is 2. The molecule has 0 amide bonds. The second-order valence-corrected chi connectivity index (χ2v) is 5.46. The van der Waals surface area contributed by atoms with Crippen molar-refractivity contribution in [2.24, 2.45) is 10.7 Å². The number of anilines is 2. The number of hydrogen-bond acceptors (Lipinski definition) is 3. The van der Waals surface area contributed by atoms with Crippen LogP contribution in [0.4, 0.5) is 17.2 Å². The Morgan fingerprint density at radius 2 is 1.67 bits per heavy atom. The minimum atomic E-state index is 0.303. The molecule has 0 saturated carbocycles. The van der Waals surface area contributed by atoms with Gasteiger partial charge in [0.15, 0.2) is 11.8 Å². The number of hydrogen-bond donors (Lipinski definition) is 3. The third-order valence-electron chi connectivity index (χ3n) is 3.63. The summed E-state index contributed by atoms with van der Waals surface area (Å²) in [5.41, 5.74) is 16.5. The lowest BCUT2D eigenvalue weighted by atomic mass is 10.1. The van der Waals surface area contributed by atoms with Gasteiger partial charge in [0.05, 0.1) is 0 Å². The molecule has 0 atom stereocenters. The Balaban J connectivity index is 1.75. The van der Waals surface area contributed by atoms with Gasteiger partial charge in [-0.05, 0) is 48.4 Å². The average Bonchev–Trinajstić information content (AvgIpc) is 2.58. The second-order valence-electron chi connectivity index (χ2n) is 5.46. The van der Waals surface area contributed by atoms with Crippen LogP contribution in [0.1, 0.15) is 5.56 Å². The maximum atomic E-state index is 5.96. The molecule has 5 nitrogen and oxygen atoms in total. The third-order valence-corrected chi connectivity index (χ3v) is 3.63. The van der Waals surface area contributed by atoms with E-state index in [1.165, 1.54) is 0 Å². The van der Waals surface area contributed by atoms with Gasteiger partial charge in [-0.15, -0.1) is 0 Å². The minimum Gasteiger partial charge on any atom is -0.399 e. The van der Waals surface area contributed by atoms with Crippen LogP contribution in [0.15, 0.2) is 71.9 Å². The summed E-state index contributed by atoms with van der Waals surface area (Å²) >= 11 is 0. The van der Waals surface area contributed by atoms with Crippen molar-refractivity contribution in [1.29, 1.82) is 0 Å². The lowest BCUT2D eigenvalue weighted by Crippen LogP contribution is -2.22. The van der Waals surface area contributed by atoms with Crippen LogP contribution < -0.4 is 16.8 Å². The molecule has 1 aromatic heterocycles. The van der Waals surface area contributed by atoms with E-state index in [9.17, 15) is 0 Å². The first-order chi connectivity index (χ1) is 11.6. The molecule has 0 fully saturated rings. The Bertz CT molecular complexity index is 852. The lowest BCUT2D eigenvalue weighted by molar-refractivity contribution is 1.26. The SMILES string of the molecule is Cc1ccccc1NC(N)=Nc1ccc(-c2ccc(N)cc2)cn1. The van der Waals surface area contributed by atoms with Crippen molar-refractivity contribution in [2.45, 2.75) is 6.92 Å². The van der Waals surface area contributed by atoms with E-state index in [2.05, 4.69) is 15.3 Å². The smallest absolute Gasteiger partial charge is 0.199 e. The zero-order valence-electron chi connectivity index (χ0n) is 13.4. The highest BCUT2D eigenvalue weighted by molar-refractivity contribution is 5.94. The monoisotopic (exact) mass is 317 g/mol. The van der Waals surface area contributed by atoms with Crippen LogP contribution >= 0.6 is 0 Å². The van der Waals surface area contributed by atoms with Gasteiger partial charge in [0, 0.05) is 23.1 Å². The van der Waals surface area contributed by atoms with Gasteiger partial charge in [-0.1, -0.05) is 30.3 Å². The van der Waals surface area contributed by atoms with Gasteiger partial charge in [0.2, 0.25) is 0 Å². The Morgan fingerprint density at radius 3 is 2.33 bits per heavy atom. The zero-order valence-corrected chi connectivity index (χ0v) is 13.4. The molecule has 1 heterocycles. The van der Waals surface area contributed by atoms with Crippen LogP contribution in [0.25, 0.3) is 11.1 Å². The summed E-state index contributed by atoms with van der Waals surface area (Å²) in [7, 11) is 0. The van der Waals surface area contributed by atoms with Crippen molar-refractivity contribution in [2.75, 3.05) is 11.1 Å². The van der Waals surface area contributed by atoms with Gasteiger partial charge in [-0.2, -0.15) is 4.99 Å². The Labute approximate surface area is 141 Å². The van der Waals surface area contributed by atoms with E-state index >= 15 is 0 Å². The van der Waals surface area contributed by atoms with Gasteiger partial charge in [0.1, 0.15) is 0 Å². The Hall–Kier alpha value is -3.34. The van der Waals surface area contributed by atoms with Crippen LogP contribution in [0.2, 0.25) is 0 Å². The maximum absolute atomic E-state index is 5.96. The molecule has 0 aliphatic heterocycles. The highest BCUT2D eigenvalue weighted by atomic mass is 15.1. The Morgan fingerprint density at radius 1 is 0.958 bits per heavy atom. The molecule has 0 unspecified atom stereocenters. The van der Waals surface area contributed by atoms with Gasteiger partial charge in [0.25, 0.3) is 0 Å². The number of aliphatic imine (C=N–C) groups is 1. The van der Waals surface area contributed by atoms with Crippen LogP contribution in [0.3, 0.4) is 0 Å². The van der Waals surface area contributed by atoms with Crippen molar-refractivity contribution in [3.05, 3.63) is 72.4 Å². The number of nitrogens with one attached hydrogen (secondary N) is 1. The van der Waals surface area contributed by atoms with Crippen molar-refractivity contribution < 1.29 is 0 Å². The maximum Gasteiger partial charge on any atom is 0.199 e. The number of nitrogen functional groups attached to an aromatic ring is 1. The third kappa shape index (κ3) is 3.70. The molecule has 120 valence electrons. The quantitative estimate of drug-likeness (QED) is 0.390. The number of aromatic nitrogens is 1. The number of pyridine rings is 1. The van der Waals surface area contributed by atoms with E-state index in [1.54, 1.807) is 6.20 Å². The van der Waals surface area contributed by atoms with Gasteiger partial charge >= 0.3 is 0 Å². The topological polar surface area (TPSA) is 89.3 Å². The van der Waals surface area contributed by atoms with Crippen LogP contribution in [-0.2, 0) is 0 Å². The largest absolute Gasteiger partial charge is 0.399 e. The number of aryl methyl sites for hydroxylation is 1. The molecule has 0 bridgehead atoms. The van der Waals surface area contributed by atoms with E-state index < -0.39 is 0 Å². The summed E-state index contributed by atoms with van der Waals surface area (Å²) in [6, 6.07) is 19.3. The van der Waals surface area contributed by atoms with Crippen molar-refractivity contribution in [1.82, 2.24) is 4.98 Å². The summed E-state index contributed by atoms with van der Waals surface area (Å²) in [4.78, 5) is 8.64. The van der Waals surface area contributed by atoms with Crippen molar-refractivity contribution in [3.8, 4) is 11.1 Å². The number of benzene rings is 2. The molecule has 3 rings (SSSR count). The molecule has 0 saturated heterocycles. The summed E-state index contributed by atoms with van der Waals surface area (Å²) in [5.74, 6) is 0.852. The van der Waals surface area contributed by atoms with Crippen molar-refractivity contribution >= 4 is 23.2 Å². The number of guanidine groups is 1. The van der Waals surface area contributed by atoms with Gasteiger partial charge < -0.3 is 16.8 Å².